The molecule has 0 atom stereocenters. The number of hydrogen-bond acceptors (Lipinski definition) is 2. The molecule has 0 amide bonds. The summed E-state index contributed by atoms with van der Waals surface area (Å²) in [6.07, 6.45) is -19.7. The van der Waals surface area contributed by atoms with Gasteiger partial charge in [0.25, 0.3) is 0 Å². The number of aromatic nitrogens is 2. The Morgan fingerprint density at radius 3 is 1.05 bits per heavy atom. The molecule has 0 aliphatic heterocycles. The lowest BCUT2D eigenvalue weighted by molar-refractivity contribution is -0.143. The van der Waals surface area contributed by atoms with Gasteiger partial charge in [0.15, 0.2) is 0 Å². The van der Waals surface area contributed by atoms with E-state index in [0.29, 0.717) is 112 Å². The third-order valence-electron chi connectivity index (χ3n) is 17.0. The van der Waals surface area contributed by atoms with E-state index in [1.54, 1.807) is 85.8 Å². The maximum atomic E-state index is 14.5. The molecule has 0 unspecified atom stereocenters. The summed E-state index contributed by atoms with van der Waals surface area (Å²) >= 11 is 0. The molecule has 0 saturated carbocycles. The lowest BCUT2D eigenvalue weighted by Crippen LogP contribution is -2.11. The van der Waals surface area contributed by atoms with E-state index >= 15 is 0 Å². The summed E-state index contributed by atoms with van der Waals surface area (Å²) in [5.41, 5.74) is 6.34. The highest BCUT2D eigenvalue weighted by Crippen LogP contribution is 2.48. The first-order chi connectivity index (χ1) is 44.0. The second-order valence-electron chi connectivity index (χ2n) is 23.6. The van der Waals surface area contributed by atoms with Gasteiger partial charge in [-0.15, -0.1) is 0 Å². The highest BCUT2D eigenvalue weighted by atomic mass is 19.4. The minimum absolute atomic E-state index is 0.0352. The number of hydrogen-bond donors (Lipinski definition) is 0. The Hall–Kier alpha value is -10.8. The van der Waals surface area contributed by atoms with Crippen LogP contribution in [0.5, 0.6) is 0 Å². The number of aryl methyl sites for hydroxylation is 5. The maximum Gasteiger partial charge on any atom is 0.416 e. The minimum atomic E-state index is -5.18. The van der Waals surface area contributed by atoms with Gasteiger partial charge >= 0.3 is 24.7 Å². The molecule has 2 heterocycles. The summed E-state index contributed by atoms with van der Waals surface area (Å²) in [7, 11) is 0. The van der Waals surface area contributed by atoms with Gasteiger partial charge < -0.3 is 9.13 Å². The second kappa shape index (κ2) is 22.2. The van der Waals surface area contributed by atoms with E-state index in [4.69, 9.17) is 0 Å². The van der Waals surface area contributed by atoms with E-state index in [1.165, 1.54) is 19.1 Å². The second-order valence-corrected chi connectivity index (χ2v) is 23.6. The summed E-state index contributed by atoms with van der Waals surface area (Å²) < 4.78 is 177. The van der Waals surface area contributed by atoms with Gasteiger partial charge in [-0.1, -0.05) is 90.0 Å². The van der Waals surface area contributed by atoms with Crippen molar-refractivity contribution in [2.75, 3.05) is 0 Å². The van der Waals surface area contributed by atoms with Crippen LogP contribution in [0.3, 0.4) is 0 Å². The van der Waals surface area contributed by atoms with Crippen LogP contribution in [0.1, 0.15) is 61.2 Å². The first kappa shape index (κ1) is 61.0. The van der Waals surface area contributed by atoms with Crippen molar-refractivity contribution in [1.29, 1.82) is 10.5 Å². The Balaban J connectivity index is 1.13. The molecule has 0 aliphatic carbocycles. The monoisotopic (exact) mass is 1260 g/mol. The zero-order chi connectivity index (χ0) is 66.0. The topological polar surface area (TPSA) is 57.4 Å². The smallest absolute Gasteiger partial charge is 0.309 e. The fourth-order valence-electron chi connectivity index (χ4n) is 13.0. The van der Waals surface area contributed by atoms with Crippen molar-refractivity contribution in [1.82, 2.24) is 9.13 Å². The molecule has 0 saturated heterocycles. The molecule has 13 aromatic rings. The summed E-state index contributed by atoms with van der Waals surface area (Å²) in [6.45, 7) is 8.92. The van der Waals surface area contributed by atoms with E-state index in [9.17, 15) is 63.2 Å². The molecular weight excluding hydrogens is 1210 g/mol. The standard InChI is InChI=1S/C77H48F12N4/c1-41-9-15-61(56(22-41)40-91)50-14-20-71(92-67-16-11-47(53-25-44(4)27-57(29-53)74(78,79)80)34-62(67)63-36-49(13-17-68(63)92)55-31-59(76(84,85)86)38-60(32-55)77(87,88)89)66(37-50)73-51(39-90)7-6-8-72(73)93-69-18-10-46(52-23-42(2)21-43(3)24-52)33-64(69)65-35-48(12-19-70(65)93)54-26-45(5)28-58(30-54)75(81,82)83/h6-38H,1-5H3. The number of fused-ring (bicyclic) bond motifs is 6. The van der Waals surface area contributed by atoms with Gasteiger partial charge in [-0.3, -0.25) is 0 Å². The van der Waals surface area contributed by atoms with Crippen molar-refractivity contribution in [3.05, 3.63) is 261 Å². The number of benzene rings is 11. The van der Waals surface area contributed by atoms with Crippen molar-refractivity contribution >= 4 is 43.6 Å². The van der Waals surface area contributed by atoms with Gasteiger partial charge in [0.2, 0.25) is 0 Å². The van der Waals surface area contributed by atoms with Crippen LogP contribution in [0, 0.1) is 57.3 Å². The fourth-order valence-corrected chi connectivity index (χ4v) is 13.0. The lowest BCUT2D eigenvalue weighted by Gasteiger charge is -2.21. The molecule has 0 spiro atoms. The fraction of sp³-hybridized carbons (Fsp3) is 0.117. The number of rotatable bonds is 8. The van der Waals surface area contributed by atoms with Gasteiger partial charge in [0.1, 0.15) is 0 Å². The Morgan fingerprint density at radius 2 is 0.645 bits per heavy atom. The molecule has 2 aromatic heterocycles. The molecule has 0 bridgehead atoms. The first-order valence-electron chi connectivity index (χ1n) is 29.2. The van der Waals surface area contributed by atoms with Gasteiger partial charge in [-0.25, -0.2) is 0 Å². The number of nitriles is 2. The normalized spacial score (nSPS) is 12.3. The molecule has 13 rings (SSSR count). The van der Waals surface area contributed by atoms with Gasteiger partial charge in [-0.2, -0.15) is 63.2 Å². The summed E-state index contributed by atoms with van der Waals surface area (Å²) in [5, 5.41) is 24.1. The van der Waals surface area contributed by atoms with Gasteiger partial charge in [-0.05, 0) is 228 Å². The molecule has 16 heteroatoms. The molecular formula is C77H48F12N4. The van der Waals surface area contributed by atoms with Crippen LogP contribution in [-0.4, -0.2) is 9.13 Å². The zero-order valence-corrected chi connectivity index (χ0v) is 49.9. The third kappa shape index (κ3) is 11.2. The Bertz CT molecular complexity index is 5320. The van der Waals surface area contributed by atoms with Crippen LogP contribution < -0.4 is 0 Å². The summed E-state index contributed by atoms with van der Waals surface area (Å²) in [4.78, 5) is 0. The van der Waals surface area contributed by atoms with E-state index in [1.807, 2.05) is 78.4 Å². The molecule has 4 nitrogen and oxygen atoms in total. The molecule has 0 N–H and O–H groups in total. The molecule has 0 aliphatic rings. The molecule has 0 radical (unpaired) electrons. The summed E-state index contributed by atoms with van der Waals surface area (Å²) in [6, 6.07) is 56.1. The van der Waals surface area contributed by atoms with Crippen LogP contribution in [0.25, 0.3) is 122 Å². The van der Waals surface area contributed by atoms with Crippen molar-refractivity contribution < 1.29 is 52.7 Å². The van der Waals surface area contributed by atoms with Crippen LogP contribution in [0.15, 0.2) is 200 Å². The van der Waals surface area contributed by atoms with E-state index in [-0.39, 0.29) is 33.7 Å². The predicted octanol–water partition coefficient (Wildman–Crippen LogP) is 23.2. The highest BCUT2D eigenvalue weighted by molar-refractivity contribution is 6.14. The zero-order valence-electron chi connectivity index (χ0n) is 49.9. The Morgan fingerprint density at radius 1 is 0.280 bits per heavy atom. The quantitative estimate of drug-likeness (QED) is 0.142. The Labute approximate surface area is 524 Å². The third-order valence-corrected chi connectivity index (χ3v) is 17.0. The maximum absolute atomic E-state index is 14.5. The van der Waals surface area contributed by atoms with E-state index in [0.717, 1.165) is 52.1 Å². The number of alkyl halides is 12. The first-order valence-corrected chi connectivity index (χ1v) is 29.2. The average molecular weight is 1260 g/mol. The van der Waals surface area contributed by atoms with Crippen LogP contribution >= 0.6 is 0 Å². The highest BCUT2D eigenvalue weighted by Gasteiger charge is 2.38. The van der Waals surface area contributed by atoms with Crippen LogP contribution in [0.4, 0.5) is 52.7 Å². The van der Waals surface area contributed by atoms with Gasteiger partial charge in [0.05, 0.1) is 79.0 Å². The Kier molecular flexibility index (Phi) is 14.6. The van der Waals surface area contributed by atoms with Crippen molar-refractivity contribution in [3.8, 4) is 90.3 Å². The number of nitrogens with zero attached hydrogens (tertiary/aromatic N) is 4. The van der Waals surface area contributed by atoms with E-state index in [2.05, 4.69) is 30.3 Å². The lowest BCUT2D eigenvalue weighted by atomic mass is 9.91. The predicted molar refractivity (Wildman–Crippen MR) is 341 cm³/mol. The largest absolute Gasteiger partial charge is 0.416 e. The molecule has 0 fully saturated rings. The van der Waals surface area contributed by atoms with Crippen molar-refractivity contribution in [3.63, 3.8) is 0 Å². The molecule has 93 heavy (non-hydrogen) atoms. The van der Waals surface area contributed by atoms with Crippen LogP contribution in [0.2, 0.25) is 0 Å². The molecule has 460 valence electrons. The number of halogens is 12. The minimum Gasteiger partial charge on any atom is -0.309 e. The SMILES string of the molecule is Cc1cc(C)cc(-c2ccc3c(c2)c2cc(-c4cc(C)cc(C(F)(F)F)c4)ccc2n3-c2cccc(C#N)c2-c2cc(-c3ccc(C)cc3C#N)ccc2-n2c3ccc(-c4cc(C)cc(C(F)(F)F)c4)cc3c3cc(-c4cc(C(F)(F)F)cc(C(F)(F)F)c4)ccc32)c1. The van der Waals surface area contributed by atoms with Crippen molar-refractivity contribution in [2.45, 2.75) is 59.3 Å². The molecule has 11 aromatic carbocycles. The average Bonchev–Trinajstić information content (AvgIpc) is 1.60. The summed E-state index contributed by atoms with van der Waals surface area (Å²) in [5.74, 6) is 0. The van der Waals surface area contributed by atoms with Gasteiger partial charge in [0, 0.05) is 32.7 Å². The van der Waals surface area contributed by atoms with Crippen molar-refractivity contribution in [2.24, 2.45) is 0 Å². The van der Waals surface area contributed by atoms with E-state index < -0.39 is 52.5 Å². The van der Waals surface area contributed by atoms with Crippen LogP contribution in [-0.2, 0) is 24.7 Å².